The van der Waals surface area contributed by atoms with Crippen LogP contribution in [0.1, 0.15) is 33.6 Å². The summed E-state index contributed by atoms with van der Waals surface area (Å²) in [5.74, 6) is 0.448. The Morgan fingerprint density at radius 3 is 2.24 bits per heavy atom. The Balaban J connectivity index is 0.00000400. The maximum Gasteiger partial charge on any atom is 0.241 e. The molecule has 0 aromatic carbocycles. The van der Waals surface area contributed by atoms with Crippen molar-refractivity contribution < 1.29 is 13.2 Å². The van der Waals surface area contributed by atoms with E-state index in [4.69, 9.17) is 0 Å². The molecular weight excluding hydrogens is 332 g/mol. The van der Waals surface area contributed by atoms with E-state index in [0.29, 0.717) is 32.5 Å². The van der Waals surface area contributed by atoms with Gasteiger partial charge in [-0.05, 0) is 25.9 Å². The van der Waals surface area contributed by atoms with Crippen LogP contribution in [0.15, 0.2) is 0 Å². The van der Waals surface area contributed by atoms with Gasteiger partial charge in [0, 0.05) is 23.3 Å². The van der Waals surface area contributed by atoms with Crippen molar-refractivity contribution in [2.75, 3.05) is 31.6 Å². The molecule has 126 valence electrons. The third kappa shape index (κ3) is 5.96. The molecule has 1 aliphatic rings. The van der Waals surface area contributed by atoms with Crippen LogP contribution in [0.4, 0.5) is 0 Å². The summed E-state index contributed by atoms with van der Waals surface area (Å²) in [4.78, 5) is 12.4. The Kier molecular flexibility index (Phi) is 8.04. The zero-order valence-corrected chi connectivity index (χ0v) is 15.6. The molecule has 0 aromatic heterocycles. The highest BCUT2D eigenvalue weighted by Gasteiger charge is 2.48. The van der Waals surface area contributed by atoms with E-state index in [1.54, 1.807) is 11.8 Å². The average Bonchev–Trinajstić information content (AvgIpc) is 2.32. The highest BCUT2D eigenvalue weighted by Crippen LogP contribution is 2.28. The van der Waals surface area contributed by atoms with Crippen molar-refractivity contribution in [1.29, 1.82) is 0 Å². The first-order valence-electron chi connectivity index (χ1n) is 6.91. The first kappa shape index (κ1) is 21.0. The monoisotopic (exact) mass is 358 g/mol. The van der Waals surface area contributed by atoms with Gasteiger partial charge in [0.15, 0.2) is 14.6 Å². The van der Waals surface area contributed by atoms with E-state index >= 15 is 0 Å². The highest BCUT2D eigenvalue weighted by molar-refractivity contribution is 8.00. The van der Waals surface area contributed by atoms with E-state index in [0.717, 1.165) is 5.75 Å². The number of thioether (sulfide) groups is 1. The number of amides is 1. The largest absolute Gasteiger partial charge is 0.354 e. The Labute approximate surface area is 138 Å². The van der Waals surface area contributed by atoms with Gasteiger partial charge in [0.25, 0.3) is 0 Å². The highest BCUT2D eigenvalue weighted by atomic mass is 35.5. The van der Waals surface area contributed by atoms with Crippen LogP contribution in [0.5, 0.6) is 0 Å². The van der Waals surface area contributed by atoms with Crippen molar-refractivity contribution >= 4 is 39.9 Å². The number of rotatable bonds is 5. The lowest BCUT2D eigenvalue weighted by Gasteiger charge is -2.34. The summed E-state index contributed by atoms with van der Waals surface area (Å²) < 4.78 is 23.0. The molecule has 0 atom stereocenters. The summed E-state index contributed by atoms with van der Waals surface area (Å²) in [6, 6.07) is 0. The number of carbonyl (C=O) groups is 1. The number of carbonyl (C=O) groups excluding carboxylic acids is 1. The minimum atomic E-state index is -3.41. The lowest BCUT2D eigenvalue weighted by Crippen LogP contribution is -2.57. The van der Waals surface area contributed by atoms with E-state index < -0.39 is 14.6 Å². The maximum absolute atomic E-state index is 12.4. The number of hydrogen-bond donors (Lipinski definition) is 2. The van der Waals surface area contributed by atoms with E-state index in [-0.39, 0.29) is 23.1 Å². The van der Waals surface area contributed by atoms with Gasteiger partial charge in [-0.25, -0.2) is 8.42 Å². The van der Waals surface area contributed by atoms with E-state index in [1.807, 2.05) is 0 Å². The van der Waals surface area contributed by atoms with Crippen LogP contribution >= 0.6 is 24.2 Å². The smallest absolute Gasteiger partial charge is 0.241 e. The summed E-state index contributed by atoms with van der Waals surface area (Å²) in [7, 11) is -3.41. The van der Waals surface area contributed by atoms with Gasteiger partial charge in [0.05, 0.1) is 0 Å². The second-order valence-electron chi connectivity index (χ2n) is 6.23. The molecule has 2 N–H and O–H groups in total. The molecule has 1 fully saturated rings. The Morgan fingerprint density at radius 2 is 1.81 bits per heavy atom. The number of nitrogens with one attached hydrogen (secondary N) is 2. The van der Waals surface area contributed by atoms with E-state index in [9.17, 15) is 13.2 Å². The van der Waals surface area contributed by atoms with Gasteiger partial charge in [0.2, 0.25) is 5.91 Å². The quantitative estimate of drug-likeness (QED) is 0.723. The molecule has 1 heterocycles. The molecule has 0 unspecified atom stereocenters. The van der Waals surface area contributed by atoms with Crippen molar-refractivity contribution in [3.05, 3.63) is 0 Å². The van der Waals surface area contributed by atoms with Crippen LogP contribution in [0, 0.1) is 0 Å². The first-order chi connectivity index (χ1) is 9.08. The van der Waals surface area contributed by atoms with Crippen molar-refractivity contribution in [2.45, 2.75) is 43.1 Å². The fraction of sp³-hybridized carbons (Fsp3) is 0.923. The van der Waals surface area contributed by atoms with Crippen LogP contribution in [-0.2, 0) is 14.6 Å². The first-order valence-corrected chi connectivity index (χ1v) is 9.79. The standard InChI is InChI=1S/C13H26N2O3S2.ClH/c1-12(2,3)19-10-9-15-11(16)13(20(4,17)18)5-7-14-8-6-13;/h14H,5-10H2,1-4H3,(H,15,16);1H. The molecule has 21 heavy (non-hydrogen) atoms. The molecule has 0 radical (unpaired) electrons. The second-order valence-corrected chi connectivity index (χ2v) is 10.5. The summed E-state index contributed by atoms with van der Waals surface area (Å²) in [5.41, 5.74) is 0. The summed E-state index contributed by atoms with van der Waals surface area (Å²) in [6.07, 6.45) is 1.87. The fourth-order valence-electron chi connectivity index (χ4n) is 2.28. The van der Waals surface area contributed by atoms with E-state index in [2.05, 4.69) is 31.4 Å². The third-order valence-corrected chi connectivity index (χ3v) is 6.74. The predicted octanol–water partition coefficient (Wildman–Crippen LogP) is 1.22. The Morgan fingerprint density at radius 1 is 1.29 bits per heavy atom. The van der Waals surface area contributed by atoms with E-state index in [1.165, 1.54) is 6.26 Å². The van der Waals surface area contributed by atoms with Gasteiger partial charge in [0.1, 0.15) is 0 Å². The molecule has 0 spiro atoms. The van der Waals surface area contributed by atoms with Crippen molar-refractivity contribution in [1.82, 2.24) is 10.6 Å². The zero-order valence-electron chi connectivity index (χ0n) is 13.2. The Hall–Kier alpha value is 0.0200. The van der Waals surface area contributed by atoms with Crippen molar-refractivity contribution in [3.63, 3.8) is 0 Å². The molecule has 5 nitrogen and oxygen atoms in total. The fourth-order valence-corrected chi connectivity index (χ4v) is 4.45. The summed E-state index contributed by atoms with van der Waals surface area (Å²) >= 11 is 1.75. The van der Waals surface area contributed by atoms with Gasteiger partial charge in [-0.15, -0.1) is 12.4 Å². The van der Waals surface area contributed by atoms with Crippen LogP contribution in [0.25, 0.3) is 0 Å². The molecule has 0 aromatic rings. The van der Waals surface area contributed by atoms with Crippen LogP contribution in [0.3, 0.4) is 0 Å². The van der Waals surface area contributed by atoms with Gasteiger partial charge in [-0.3, -0.25) is 4.79 Å². The molecule has 1 saturated heterocycles. The van der Waals surface area contributed by atoms with Crippen LogP contribution < -0.4 is 10.6 Å². The molecule has 1 aliphatic heterocycles. The lowest BCUT2D eigenvalue weighted by molar-refractivity contribution is -0.124. The molecule has 0 aliphatic carbocycles. The minimum Gasteiger partial charge on any atom is -0.354 e. The van der Waals surface area contributed by atoms with Gasteiger partial charge in [-0.1, -0.05) is 20.8 Å². The minimum absolute atomic E-state index is 0. The lowest BCUT2D eigenvalue weighted by atomic mass is 9.96. The predicted molar refractivity (Wildman–Crippen MR) is 92.1 cm³/mol. The van der Waals surface area contributed by atoms with Gasteiger partial charge in [-0.2, -0.15) is 11.8 Å². The molecule has 8 heteroatoms. The molecular formula is C13H27ClN2O3S2. The molecule has 0 saturated carbocycles. The molecule has 0 bridgehead atoms. The van der Waals surface area contributed by atoms with Gasteiger partial charge >= 0.3 is 0 Å². The Bertz CT molecular complexity index is 441. The summed E-state index contributed by atoms with van der Waals surface area (Å²) in [6.45, 7) is 7.98. The second kappa shape index (κ2) is 8.04. The average molecular weight is 359 g/mol. The normalized spacial score (nSPS) is 18.7. The number of piperidine rings is 1. The van der Waals surface area contributed by atoms with Crippen molar-refractivity contribution in [3.8, 4) is 0 Å². The van der Waals surface area contributed by atoms with Crippen LogP contribution in [-0.4, -0.2) is 55.5 Å². The molecule has 1 rings (SSSR count). The third-order valence-electron chi connectivity index (χ3n) is 3.46. The number of sulfone groups is 1. The maximum atomic E-state index is 12.4. The zero-order chi connectivity index (χ0) is 15.4. The summed E-state index contributed by atoms with van der Waals surface area (Å²) in [5, 5.41) is 5.91. The SMILES string of the molecule is CC(C)(C)SCCNC(=O)C1(S(C)(=O)=O)CCNCC1.Cl. The van der Waals surface area contributed by atoms with Crippen molar-refractivity contribution in [2.24, 2.45) is 0 Å². The number of halogens is 1. The van der Waals surface area contributed by atoms with Gasteiger partial charge < -0.3 is 10.6 Å². The number of hydrogen-bond acceptors (Lipinski definition) is 5. The van der Waals surface area contributed by atoms with Crippen LogP contribution in [0.2, 0.25) is 0 Å². The topological polar surface area (TPSA) is 75.3 Å². The molecule has 1 amide bonds.